The number of fused-ring (bicyclic) bond motifs is 3. The van der Waals surface area contributed by atoms with Crippen molar-refractivity contribution in [1.82, 2.24) is 0 Å². The molecule has 3 N–H and O–H groups in total. The van der Waals surface area contributed by atoms with Gasteiger partial charge in [0.2, 0.25) is 0 Å². The Bertz CT molecular complexity index is 986. The molecule has 0 saturated heterocycles. The van der Waals surface area contributed by atoms with Crippen LogP contribution in [0.25, 0.3) is 6.08 Å². The second-order valence-electron chi connectivity index (χ2n) is 13.7. The number of aliphatic hydroxyl groups excluding tert-OH is 2. The van der Waals surface area contributed by atoms with Crippen LogP contribution >= 0.6 is 0 Å². The number of carboxylic acid groups (broad SMARTS) is 1. The second kappa shape index (κ2) is 11.8. The van der Waals surface area contributed by atoms with Crippen molar-refractivity contribution < 1.29 is 20.1 Å². The van der Waals surface area contributed by atoms with Crippen LogP contribution in [0, 0.1) is 46.3 Å². The lowest BCUT2D eigenvalue weighted by atomic mass is 9.41. The molecule has 3 fully saturated rings. The molecule has 4 nitrogen and oxygen atoms in total. The molecule has 3 aliphatic carbocycles. The lowest BCUT2D eigenvalue weighted by Crippen LogP contribution is -2.62. The van der Waals surface area contributed by atoms with E-state index in [0.717, 1.165) is 50.5 Å². The van der Waals surface area contributed by atoms with Gasteiger partial charge in [-0.15, -0.1) is 0 Å². The minimum Gasteiger partial charge on any atom is -0.478 e. The van der Waals surface area contributed by atoms with Crippen LogP contribution in [0.4, 0.5) is 0 Å². The molecule has 4 heteroatoms. The lowest BCUT2D eigenvalue weighted by Gasteiger charge is -2.65. The van der Waals surface area contributed by atoms with Crippen molar-refractivity contribution in [2.75, 3.05) is 0 Å². The number of allylic oxidation sites excluding steroid dienone is 1. The maximum atomic E-state index is 12.0. The summed E-state index contributed by atoms with van der Waals surface area (Å²) in [5.74, 6) is 1.72. The average Bonchev–Trinajstić information content (AvgIpc) is 2.87. The summed E-state index contributed by atoms with van der Waals surface area (Å²) in [4.78, 5) is 11.6. The maximum absolute atomic E-state index is 12.0. The Hall–Kier alpha value is -1.65. The van der Waals surface area contributed by atoms with E-state index in [2.05, 4.69) is 40.7 Å². The second-order valence-corrected chi connectivity index (χ2v) is 13.7. The third-order valence-corrected chi connectivity index (χ3v) is 11.3. The van der Waals surface area contributed by atoms with E-state index < -0.39 is 5.97 Å². The van der Waals surface area contributed by atoms with Gasteiger partial charge >= 0.3 is 5.97 Å². The van der Waals surface area contributed by atoms with Gasteiger partial charge in [-0.05, 0) is 109 Å². The minimum atomic E-state index is -0.884. The fraction of sp³-hybridized carbons (Fsp3) is 0.735. The Labute approximate surface area is 230 Å². The van der Waals surface area contributed by atoms with Gasteiger partial charge < -0.3 is 15.3 Å². The summed E-state index contributed by atoms with van der Waals surface area (Å²) in [6, 6.07) is 7.20. The zero-order valence-corrected chi connectivity index (χ0v) is 24.4. The van der Waals surface area contributed by atoms with Gasteiger partial charge in [0.25, 0.3) is 0 Å². The molecule has 0 aromatic heterocycles. The maximum Gasteiger partial charge on any atom is 0.336 e. The van der Waals surface area contributed by atoms with Gasteiger partial charge in [0.05, 0.1) is 17.8 Å². The quantitative estimate of drug-likeness (QED) is 0.308. The molecule has 1 aromatic rings. The first kappa shape index (κ1) is 29.3. The largest absolute Gasteiger partial charge is 0.478 e. The van der Waals surface area contributed by atoms with Gasteiger partial charge in [-0.1, -0.05) is 77.8 Å². The molecule has 212 valence electrons. The molecule has 0 bridgehead atoms. The summed E-state index contributed by atoms with van der Waals surface area (Å²) in [6.07, 6.45) is 14.3. The summed E-state index contributed by atoms with van der Waals surface area (Å²) in [5.41, 5.74) is 1.53. The van der Waals surface area contributed by atoms with Crippen LogP contribution in [-0.4, -0.2) is 33.5 Å². The van der Waals surface area contributed by atoms with Crippen LogP contribution in [0.3, 0.4) is 0 Å². The topological polar surface area (TPSA) is 77.8 Å². The fourth-order valence-electron chi connectivity index (χ4n) is 9.62. The summed E-state index contributed by atoms with van der Waals surface area (Å²) < 4.78 is 0. The molecule has 1 unspecified atom stereocenters. The monoisotopic (exact) mass is 524 g/mol. The Morgan fingerprint density at radius 2 is 1.84 bits per heavy atom. The van der Waals surface area contributed by atoms with Gasteiger partial charge in [-0.2, -0.15) is 0 Å². The molecule has 0 aliphatic heterocycles. The smallest absolute Gasteiger partial charge is 0.336 e. The molecule has 3 aliphatic rings. The highest BCUT2D eigenvalue weighted by Crippen LogP contribution is 2.66. The van der Waals surface area contributed by atoms with Gasteiger partial charge in [-0.3, -0.25) is 0 Å². The Balaban J connectivity index is 1.53. The van der Waals surface area contributed by atoms with Gasteiger partial charge in [0, 0.05) is 0 Å². The van der Waals surface area contributed by atoms with Gasteiger partial charge in [0.1, 0.15) is 0 Å². The molecule has 1 aromatic carbocycles. The summed E-state index contributed by atoms with van der Waals surface area (Å²) in [7, 11) is 0. The standard InChI is InChI=1S/C34H52O4/c1-6-11-27-30-28(34(5)19-16-24(35)20-29(34)25(7-2)31(30)36)17-18-33(27,4)21-22(3)12-10-14-23-13-8-9-15-26(23)32(37)38/h8-10,13-15,22,24-25,27-31,35-36H,6-7,11-12,16-21H2,1-5H3,(H,37,38)/b14-10+/t22-,24-,25-,27+,28+,29?,30+,31-,33-,34-/m1/s1. The molecule has 38 heavy (non-hydrogen) atoms. The summed E-state index contributed by atoms with van der Waals surface area (Å²) >= 11 is 0. The van der Waals surface area contributed by atoms with Crippen LogP contribution in [0.5, 0.6) is 0 Å². The Kier molecular flexibility index (Phi) is 9.14. The lowest BCUT2D eigenvalue weighted by molar-refractivity contribution is -0.206. The molecule has 4 rings (SSSR count). The molecule has 10 atom stereocenters. The molecular formula is C34H52O4. The minimum absolute atomic E-state index is 0.194. The number of carbonyl (C=O) groups is 1. The summed E-state index contributed by atoms with van der Waals surface area (Å²) in [5, 5.41) is 32.0. The zero-order valence-electron chi connectivity index (χ0n) is 24.4. The van der Waals surface area contributed by atoms with E-state index in [-0.39, 0.29) is 29.0 Å². The van der Waals surface area contributed by atoms with Crippen molar-refractivity contribution in [3.8, 4) is 0 Å². The van der Waals surface area contributed by atoms with Crippen molar-refractivity contribution in [3.05, 3.63) is 41.5 Å². The fourth-order valence-corrected chi connectivity index (χ4v) is 9.62. The molecule has 0 heterocycles. The number of carboxylic acids is 1. The van der Waals surface area contributed by atoms with Crippen molar-refractivity contribution in [1.29, 1.82) is 0 Å². The van der Waals surface area contributed by atoms with E-state index in [0.29, 0.717) is 35.2 Å². The predicted molar refractivity (Wildman–Crippen MR) is 155 cm³/mol. The van der Waals surface area contributed by atoms with E-state index in [1.807, 2.05) is 18.2 Å². The first-order valence-corrected chi connectivity index (χ1v) is 15.4. The average molecular weight is 525 g/mol. The first-order valence-electron chi connectivity index (χ1n) is 15.4. The Morgan fingerprint density at radius 3 is 2.53 bits per heavy atom. The van der Waals surface area contributed by atoms with Crippen molar-refractivity contribution in [2.45, 2.75) is 111 Å². The van der Waals surface area contributed by atoms with Crippen molar-refractivity contribution in [3.63, 3.8) is 0 Å². The highest BCUT2D eigenvalue weighted by Gasteiger charge is 2.62. The van der Waals surface area contributed by atoms with Crippen LogP contribution in [-0.2, 0) is 0 Å². The Morgan fingerprint density at radius 1 is 1.11 bits per heavy atom. The van der Waals surface area contributed by atoms with Crippen LogP contribution in [0.15, 0.2) is 30.3 Å². The number of hydrogen-bond donors (Lipinski definition) is 3. The van der Waals surface area contributed by atoms with Crippen molar-refractivity contribution >= 4 is 12.0 Å². The molecule has 3 saturated carbocycles. The third-order valence-electron chi connectivity index (χ3n) is 11.3. The molecule has 0 spiro atoms. The SMILES string of the molecule is CCC[C@H]1[C@@H]2[C@H](O)[C@H](CC)C3C[C@H](O)CC[C@]3(C)[C@H]2CC[C@]1(C)C[C@H](C)C/C=C/c1ccccc1C(=O)O. The van der Waals surface area contributed by atoms with Crippen molar-refractivity contribution in [2.24, 2.45) is 46.3 Å². The van der Waals surface area contributed by atoms with E-state index in [4.69, 9.17) is 0 Å². The molecular weight excluding hydrogens is 472 g/mol. The van der Waals surface area contributed by atoms with Gasteiger partial charge in [-0.25, -0.2) is 4.79 Å². The predicted octanol–water partition coefficient (Wildman–Crippen LogP) is 7.83. The highest BCUT2D eigenvalue weighted by molar-refractivity contribution is 5.92. The zero-order chi connectivity index (χ0) is 27.7. The van der Waals surface area contributed by atoms with E-state index in [9.17, 15) is 20.1 Å². The normalized spacial score (nSPS) is 39.9. The number of rotatable bonds is 9. The van der Waals surface area contributed by atoms with E-state index >= 15 is 0 Å². The third kappa shape index (κ3) is 5.50. The van der Waals surface area contributed by atoms with Crippen LogP contribution < -0.4 is 0 Å². The molecule has 0 amide bonds. The van der Waals surface area contributed by atoms with Crippen LogP contribution in [0.1, 0.15) is 115 Å². The van der Waals surface area contributed by atoms with E-state index in [1.165, 1.54) is 19.3 Å². The highest BCUT2D eigenvalue weighted by atomic mass is 16.4. The van der Waals surface area contributed by atoms with Gasteiger partial charge in [0.15, 0.2) is 0 Å². The van der Waals surface area contributed by atoms with E-state index in [1.54, 1.807) is 12.1 Å². The van der Waals surface area contributed by atoms with Crippen LogP contribution in [0.2, 0.25) is 0 Å². The number of aromatic carboxylic acids is 1. The first-order chi connectivity index (χ1) is 18.1. The number of aliphatic hydroxyl groups is 2. The number of hydrogen-bond acceptors (Lipinski definition) is 3. The summed E-state index contributed by atoms with van der Waals surface area (Å²) in [6.45, 7) is 11.9. The molecule has 0 radical (unpaired) electrons. The number of benzene rings is 1.